The Balaban J connectivity index is 2.26. The molecule has 146 valence electrons. The highest BCUT2D eigenvalue weighted by Crippen LogP contribution is 2.34. The normalized spacial score (nSPS) is 12.1. The fourth-order valence-electron chi connectivity index (χ4n) is 2.81. The third kappa shape index (κ3) is 3.72. The number of anilines is 2. The predicted molar refractivity (Wildman–Crippen MR) is 107 cm³/mol. The number of sulfone groups is 1. The van der Waals surface area contributed by atoms with Crippen molar-refractivity contribution in [2.75, 3.05) is 11.5 Å². The van der Waals surface area contributed by atoms with Crippen molar-refractivity contribution < 1.29 is 21.4 Å². The topological polar surface area (TPSA) is 141 Å². The number of hydrogen-bond acceptors (Lipinski definition) is 6. The maximum Gasteiger partial charge on any atom is 0.294 e. The van der Waals surface area contributed by atoms with Crippen LogP contribution in [0, 0.1) is 6.92 Å². The molecule has 0 aliphatic carbocycles. The Bertz CT molecular complexity index is 1270. The Labute approximate surface area is 163 Å². The van der Waals surface area contributed by atoms with Crippen LogP contribution in [0.5, 0.6) is 0 Å². The lowest BCUT2D eigenvalue weighted by Gasteiger charge is -2.13. The van der Waals surface area contributed by atoms with Crippen molar-refractivity contribution in [2.45, 2.75) is 21.6 Å². The second kappa shape index (κ2) is 6.93. The van der Waals surface area contributed by atoms with E-state index >= 15 is 0 Å². The predicted octanol–water partition coefficient (Wildman–Crippen LogP) is 2.91. The third-order valence-electron chi connectivity index (χ3n) is 4.26. The third-order valence-corrected chi connectivity index (χ3v) is 7.05. The van der Waals surface area contributed by atoms with Gasteiger partial charge in [-0.3, -0.25) is 4.55 Å². The number of nitrogen functional groups attached to an aromatic ring is 2. The summed E-state index contributed by atoms with van der Waals surface area (Å²) in [6, 6.07) is 14.7. The highest BCUT2D eigenvalue weighted by atomic mass is 32.2. The van der Waals surface area contributed by atoms with E-state index in [0.717, 1.165) is 6.07 Å². The van der Waals surface area contributed by atoms with Crippen molar-refractivity contribution in [3.63, 3.8) is 0 Å². The average Bonchev–Trinajstić information content (AvgIpc) is 2.61. The van der Waals surface area contributed by atoms with Crippen molar-refractivity contribution >= 4 is 31.3 Å². The van der Waals surface area contributed by atoms with E-state index in [9.17, 15) is 21.4 Å². The summed E-state index contributed by atoms with van der Waals surface area (Å²) < 4.78 is 59.1. The first-order valence-corrected chi connectivity index (χ1v) is 11.0. The smallest absolute Gasteiger partial charge is 0.294 e. The van der Waals surface area contributed by atoms with Gasteiger partial charge in [-0.25, -0.2) is 8.42 Å². The molecule has 0 bridgehead atoms. The first kappa shape index (κ1) is 19.9. The molecule has 0 saturated carbocycles. The molecule has 0 atom stereocenters. The van der Waals surface area contributed by atoms with E-state index in [1.807, 2.05) is 0 Å². The molecule has 7 nitrogen and oxygen atoms in total. The fraction of sp³-hybridized carbons (Fsp3) is 0.0526. The molecule has 5 N–H and O–H groups in total. The first-order valence-electron chi connectivity index (χ1n) is 8.09. The second-order valence-electron chi connectivity index (χ2n) is 6.28. The van der Waals surface area contributed by atoms with E-state index in [0.29, 0.717) is 16.8 Å². The van der Waals surface area contributed by atoms with Gasteiger partial charge in [-0.2, -0.15) is 8.42 Å². The van der Waals surface area contributed by atoms with E-state index in [1.165, 1.54) is 25.1 Å². The molecule has 0 saturated heterocycles. The number of aryl methyl sites for hydroxylation is 1. The van der Waals surface area contributed by atoms with Crippen LogP contribution in [0.25, 0.3) is 11.1 Å². The minimum atomic E-state index is -4.58. The van der Waals surface area contributed by atoms with Crippen molar-refractivity contribution in [1.82, 2.24) is 0 Å². The number of nitrogens with two attached hydrogens (primary N) is 2. The molecule has 0 heterocycles. The van der Waals surface area contributed by atoms with Gasteiger partial charge in [0.15, 0.2) is 0 Å². The van der Waals surface area contributed by atoms with Gasteiger partial charge in [-0.05, 0) is 54.4 Å². The van der Waals surface area contributed by atoms with Crippen LogP contribution < -0.4 is 11.5 Å². The summed E-state index contributed by atoms with van der Waals surface area (Å²) in [7, 11) is -8.71. The molecule has 0 spiro atoms. The summed E-state index contributed by atoms with van der Waals surface area (Å²) in [6.07, 6.45) is 0. The van der Waals surface area contributed by atoms with Gasteiger partial charge in [0, 0.05) is 16.9 Å². The van der Waals surface area contributed by atoms with Crippen LogP contribution in [-0.4, -0.2) is 21.4 Å². The quantitative estimate of drug-likeness (QED) is 0.437. The van der Waals surface area contributed by atoms with Gasteiger partial charge in [0.1, 0.15) is 0 Å². The van der Waals surface area contributed by atoms with Crippen LogP contribution in [0.1, 0.15) is 5.56 Å². The lowest BCUT2D eigenvalue weighted by atomic mass is 10.1. The lowest BCUT2D eigenvalue weighted by molar-refractivity contribution is 0.482. The summed E-state index contributed by atoms with van der Waals surface area (Å²) in [6.45, 7) is 1.46. The first-order chi connectivity index (χ1) is 13.0. The van der Waals surface area contributed by atoms with E-state index in [2.05, 4.69) is 0 Å². The molecule has 0 radical (unpaired) electrons. The molecule has 9 heteroatoms. The van der Waals surface area contributed by atoms with Gasteiger partial charge >= 0.3 is 0 Å². The van der Waals surface area contributed by atoms with Crippen LogP contribution in [0.15, 0.2) is 75.4 Å². The summed E-state index contributed by atoms with van der Waals surface area (Å²) in [4.78, 5) is -0.818. The zero-order chi connectivity index (χ0) is 20.7. The van der Waals surface area contributed by atoms with Crippen LogP contribution in [-0.2, 0) is 20.0 Å². The highest BCUT2D eigenvalue weighted by molar-refractivity contribution is 7.91. The SMILES string of the molecule is Cc1ccc(S(=O)(=O)c2cc(N)ccc2-c2ccc(N)cc2)cc1S(=O)(=O)O. The molecule has 0 fully saturated rings. The maximum atomic E-state index is 13.3. The zero-order valence-electron chi connectivity index (χ0n) is 14.8. The molecule has 0 aliphatic heterocycles. The van der Waals surface area contributed by atoms with E-state index in [1.54, 1.807) is 36.4 Å². The molecule has 3 rings (SSSR count). The van der Waals surface area contributed by atoms with Gasteiger partial charge in [-0.1, -0.05) is 24.3 Å². The molecular formula is C19H18N2O5S2. The van der Waals surface area contributed by atoms with Crippen molar-refractivity contribution in [3.8, 4) is 11.1 Å². The second-order valence-corrected chi connectivity index (χ2v) is 9.59. The van der Waals surface area contributed by atoms with Gasteiger partial charge in [0.05, 0.1) is 14.7 Å². The Morgan fingerprint density at radius 1 is 0.750 bits per heavy atom. The molecule has 3 aromatic rings. The fourth-order valence-corrected chi connectivity index (χ4v) is 5.18. The Hall–Kier alpha value is -2.88. The largest absolute Gasteiger partial charge is 0.399 e. The van der Waals surface area contributed by atoms with Gasteiger partial charge < -0.3 is 11.5 Å². The minimum Gasteiger partial charge on any atom is -0.399 e. The highest BCUT2D eigenvalue weighted by Gasteiger charge is 2.25. The van der Waals surface area contributed by atoms with Crippen LogP contribution in [0.2, 0.25) is 0 Å². The summed E-state index contributed by atoms with van der Waals surface area (Å²) in [5, 5.41) is 0. The summed E-state index contributed by atoms with van der Waals surface area (Å²) in [5.41, 5.74) is 13.5. The lowest BCUT2D eigenvalue weighted by Crippen LogP contribution is -2.08. The Morgan fingerprint density at radius 2 is 1.36 bits per heavy atom. The van der Waals surface area contributed by atoms with Crippen molar-refractivity contribution in [3.05, 3.63) is 66.2 Å². The van der Waals surface area contributed by atoms with Crippen LogP contribution >= 0.6 is 0 Å². The molecule has 0 aromatic heterocycles. The van der Waals surface area contributed by atoms with Crippen LogP contribution in [0.3, 0.4) is 0 Å². The molecule has 3 aromatic carbocycles. The van der Waals surface area contributed by atoms with Crippen molar-refractivity contribution in [2.24, 2.45) is 0 Å². The Morgan fingerprint density at radius 3 is 1.96 bits per heavy atom. The van der Waals surface area contributed by atoms with Gasteiger partial charge in [-0.15, -0.1) is 0 Å². The molecule has 0 amide bonds. The Kier molecular flexibility index (Phi) is 4.92. The van der Waals surface area contributed by atoms with Gasteiger partial charge in [0.25, 0.3) is 10.1 Å². The zero-order valence-corrected chi connectivity index (χ0v) is 16.5. The number of rotatable bonds is 4. The summed E-state index contributed by atoms with van der Waals surface area (Å²) >= 11 is 0. The van der Waals surface area contributed by atoms with E-state index in [-0.39, 0.29) is 21.0 Å². The number of hydrogen-bond donors (Lipinski definition) is 3. The van der Waals surface area contributed by atoms with Crippen molar-refractivity contribution in [1.29, 1.82) is 0 Å². The molecule has 0 unspecified atom stereocenters. The van der Waals surface area contributed by atoms with E-state index in [4.69, 9.17) is 11.5 Å². The summed E-state index contributed by atoms with van der Waals surface area (Å²) in [5.74, 6) is 0. The van der Waals surface area contributed by atoms with Crippen LogP contribution in [0.4, 0.5) is 11.4 Å². The molecule has 0 aliphatic rings. The minimum absolute atomic E-state index is 0.0811. The maximum absolute atomic E-state index is 13.3. The van der Waals surface area contributed by atoms with Gasteiger partial charge in [0.2, 0.25) is 9.84 Å². The molecule has 28 heavy (non-hydrogen) atoms. The number of benzene rings is 3. The standard InChI is InChI=1S/C19H18N2O5S2/c1-12-2-8-16(11-18(12)28(24,25)26)27(22,23)19-10-15(21)7-9-17(19)13-3-5-14(20)6-4-13/h2-11H,20-21H2,1H3,(H,24,25,26). The molecular weight excluding hydrogens is 400 g/mol. The average molecular weight is 418 g/mol. The van der Waals surface area contributed by atoms with E-state index < -0.39 is 24.9 Å². The monoisotopic (exact) mass is 418 g/mol.